The first-order valence-corrected chi connectivity index (χ1v) is 7.72. The minimum Gasteiger partial charge on any atom is -0.313 e. The SMILES string of the molecule is CCCCC(CC)CC(NC)c1cc(F)c(Cl)cc1F. The van der Waals surface area contributed by atoms with Crippen LogP contribution in [0.1, 0.15) is 57.6 Å². The molecule has 2 unspecified atom stereocenters. The number of hydrogen-bond donors (Lipinski definition) is 1. The van der Waals surface area contributed by atoms with Crippen LogP contribution in [0, 0.1) is 17.6 Å². The second-order valence-electron chi connectivity index (χ2n) is 5.28. The smallest absolute Gasteiger partial charge is 0.142 e. The van der Waals surface area contributed by atoms with Crippen molar-refractivity contribution >= 4 is 11.6 Å². The maximum atomic E-state index is 14.0. The van der Waals surface area contributed by atoms with Gasteiger partial charge in [-0.1, -0.05) is 51.1 Å². The monoisotopic (exact) mass is 303 g/mol. The van der Waals surface area contributed by atoms with Gasteiger partial charge in [0, 0.05) is 11.6 Å². The molecule has 1 aromatic rings. The van der Waals surface area contributed by atoms with Gasteiger partial charge in [0.25, 0.3) is 0 Å². The average Bonchev–Trinajstić information content (AvgIpc) is 2.44. The molecule has 0 aliphatic rings. The topological polar surface area (TPSA) is 12.0 Å². The zero-order valence-corrected chi connectivity index (χ0v) is 13.2. The van der Waals surface area contributed by atoms with Crippen molar-refractivity contribution in [1.82, 2.24) is 5.32 Å². The molecule has 20 heavy (non-hydrogen) atoms. The van der Waals surface area contributed by atoms with Crippen LogP contribution in [0.15, 0.2) is 12.1 Å². The third-order valence-electron chi connectivity index (χ3n) is 3.88. The molecule has 1 aromatic carbocycles. The van der Waals surface area contributed by atoms with E-state index in [0.29, 0.717) is 11.5 Å². The second-order valence-corrected chi connectivity index (χ2v) is 5.69. The van der Waals surface area contributed by atoms with Crippen molar-refractivity contribution in [3.63, 3.8) is 0 Å². The van der Waals surface area contributed by atoms with E-state index in [9.17, 15) is 8.78 Å². The summed E-state index contributed by atoms with van der Waals surface area (Å²) in [6.07, 6.45) is 5.32. The van der Waals surface area contributed by atoms with Crippen molar-refractivity contribution < 1.29 is 8.78 Å². The largest absolute Gasteiger partial charge is 0.313 e. The van der Waals surface area contributed by atoms with Crippen LogP contribution in [0.5, 0.6) is 0 Å². The van der Waals surface area contributed by atoms with Crippen molar-refractivity contribution in [3.8, 4) is 0 Å². The molecule has 0 saturated heterocycles. The summed E-state index contributed by atoms with van der Waals surface area (Å²) in [5.41, 5.74) is 0.365. The molecule has 2 atom stereocenters. The summed E-state index contributed by atoms with van der Waals surface area (Å²) in [6, 6.07) is 2.10. The van der Waals surface area contributed by atoms with Crippen LogP contribution in [0.3, 0.4) is 0 Å². The van der Waals surface area contributed by atoms with Crippen LogP contribution in [-0.4, -0.2) is 7.05 Å². The molecule has 0 aliphatic carbocycles. The lowest BCUT2D eigenvalue weighted by atomic mass is 9.89. The summed E-state index contributed by atoms with van der Waals surface area (Å²) in [5.74, 6) is -0.489. The Morgan fingerprint density at radius 2 is 1.90 bits per heavy atom. The van der Waals surface area contributed by atoms with Crippen molar-refractivity contribution in [1.29, 1.82) is 0 Å². The number of nitrogens with one attached hydrogen (secondary N) is 1. The molecule has 4 heteroatoms. The predicted molar refractivity (Wildman–Crippen MR) is 81.1 cm³/mol. The zero-order chi connectivity index (χ0) is 15.1. The predicted octanol–water partition coefficient (Wildman–Crippen LogP) is 5.49. The first kappa shape index (κ1) is 17.4. The van der Waals surface area contributed by atoms with E-state index in [4.69, 9.17) is 11.6 Å². The Morgan fingerprint density at radius 1 is 1.20 bits per heavy atom. The first-order chi connectivity index (χ1) is 9.53. The van der Waals surface area contributed by atoms with Crippen LogP contribution in [0.25, 0.3) is 0 Å². The molecule has 0 saturated carbocycles. The fourth-order valence-electron chi connectivity index (χ4n) is 2.52. The third-order valence-corrected chi connectivity index (χ3v) is 4.17. The number of benzene rings is 1. The molecule has 114 valence electrons. The lowest BCUT2D eigenvalue weighted by Gasteiger charge is -2.23. The highest BCUT2D eigenvalue weighted by Crippen LogP contribution is 2.30. The molecule has 1 rings (SSSR count). The fraction of sp³-hybridized carbons (Fsp3) is 0.625. The minimum absolute atomic E-state index is 0.167. The van der Waals surface area contributed by atoms with Crippen LogP contribution in [-0.2, 0) is 0 Å². The summed E-state index contributed by atoms with van der Waals surface area (Å²) in [7, 11) is 1.78. The van der Waals surface area contributed by atoms with Gasteiger partial charge < -0.3 is 5.32 Å². The van der Waals surface area contributed by atoms with E-state index in [0.717, 1.165) is 31.7 Å². The Balaban J connectivity index is 2.87. The van der Waals surface area contributed by atoms with Crippen molar-refractivity contribution in [3.05, 3.63) is 34.4 Å². The molecule has 0 radical (unpaired) electrons. The van der Waals surface area contributed by atoms with E-state index in [1.807, 2.05) is 0 Å². The Hall–Kier alpha value is -0.670. The van der Waals surface area contributed by atoms with Gasteiger partial charge in [-0.05, 0) is 31.5 Å². The molecule has 0 aliphatic heterocycles. The van der Waals surface area contributed by atoms with Gasteiger partial charge in [-0.15, -0.1) is 0 Å². The van der Waals surface area contributed by atoms with Gasteiger partial charge in [-0.25, -0.2) is 8.78 Å². The van der Waals surface area contributed by atoms with Crippen molar-refractivity contribution in [2.45, 2.75) is 52.0 Å². The molecule has 0 heterocycles. The molecular weight excluding hydrogens is 280 g/mol. The Morgan fingerprint density at radius 3 is 2.45 bits per heavy atom. The molecular formula is C16H24ClF2N. The summed E-state index contributed by atoms with van der Waals surface area (Å²) >= 11 is 5.60. The van der Waals surface area contributed by atoms with E-state index in [1.165, 1.54) is 12.5 Å². The molecule has 0 spiro atoms. The number of rotatable bonds is 8. The summed E-state index contributed by atoms with van der Waals surface area (Å²) in [5, 5.41) is 2.93. The Kier molecular flexibility index (Phi) is 7.46. The van der Waals surface area contributed by atoms with Crippen molar-refractivity contribution in [2.75, 3.05) is 7.05 Å². The molecule has 0 bridgehead atoms. The average molecular weight is 304 g/mol. The number of unbranched alkanes of at least 4 members (excludes halogenated alkanes) is 1. The summed E-state index contributed by atoms with van der Waals surface area (Å²) < 4.78 is 27.5. The van der Waals surface area contributed by atoms with Gasteiger partial charge in [0.1, 0.15) is 11.6 Å². The van der Waals surface area contributed by atoms with E-state index >= 15 is 0 Å². The summed E-state index contributed by atoms with van der Waals surface area (Å²) in [4.78, 5) is 0. The number of halogens is 3. The van der Waals surface area contributed by atoms with Crippen LogP contribution >= 0.6 is 11.6 Å². The van der Waals surface area contributed by atoms with Gasteiger partial charge in [-0.2, -0.15) is 0 Å². The van der Waals surface area contributed by atoms with E-state index in [1.54, 1.807) is 7.05 Å². The third kappa shape index (κ3) is 4.71. The van der Waals surface area contributed by atoms with Gasteiger partial charge in [-0.3, -0.25) is 0 Å². The molecule has 1 N–H and O–H groups in total. The molecule has 0 amide bonds. The van der Waals surface area contributed by atoms with Gasteiger partial charge in [0.05, 0.1) is 5.02 Å². The zero-order valence-electron chi connectivity index (χ0n) is 12.5. The lowest BCUT2D eigenvalue weighted by molar-refractivity contribution is 0.358. The van der Waals surface area contributed by atoms with E-state index in [-0.39, 0.29) is 11.1 Å². The van der Waals surface area contributed by atoms with Crippen LogP contribution < -0.4 is 5.32 Å². The molecule has 0 aromatic heterocycles. The Labute approximate surface area is 125 Å². The standard InChI is InChI=1S/C16H24ClF2N/c1-4-6-7-11(5-2)8-16(20-3)12-9-15(19)13(17)10-14(12)18/h9-11,16,20H,4-8H2,1-3H3. The van der Waals surface area contributed by atoms with Crippen molar-refractivity contribution in [2.24, 2.45) is 5.92 Å². The maximum absolute atomic E-state index is 14.0. The van der Waals surface area contributed by atoms with E-state index in [2.05, 4.69) is 19.2 Å². The highest BCUT2D eigenvalue weighted by molar-refractivity contribution is 6.30. The summed E-state index contributed by atoms with van der Waals surface area (Å²) in [6.45, 7) is 4.31. The molecule has 1 nitrogen and oxygen atoms in total. The normalized spacial score (nSPS) is 14.3. The highest BCUT2D eigenvalue weighted by Gasteiger charge is 2.20. The quantitative estimate of drug-likeness (QED) is 0.627. The first-order valence-electron chi connectivity index (χ1n) is 7.35. The van der Waals surface area contributed by atoms with Gasteiger partial charge in [0.15, 0.2) is 0 Å². The second kappa shape index (κ2) is 8.58. The van der Waals surface area contributed by atoms with E-state index < -0.39 is 11.6 Å². The number of hydrogen-bond acceptors (Lipinski definition) is 1. The Bertz CT molecular complexity index is 423. The lowest BCUT2D eigenvalue weighted by Crippen LogP contribution is -2.21. The fourth-order valence-corrected chi connectivity index (χ4v) is 2.67. The van der Waals surface area contributed by atoms with Gasteiger partial charge in [0.2, 0.25) is 0 Å². The van der Waals surface area contributed by atoms with Gasteiger partial charge >= 0.3 is 0 Å². The highest BCUT2D eigenvalue weighted by atomic mass is 35.5. The van der Waals surface area contributed by atoms with Crippen LogP contribution in [0.4, 0.5) is 8.78 Å². The van der Waals surface area contributed by atoms with Crippen LogP contribution in [0.2, 0.25) is 5.02 Å². The minimum atomic E-state index is -0.565. The maximum Gasteiger partial charge on any atom is 0.142 e. The molecule has 0 fully saturated rings.